The van der Waals surface area contributed by atoms with Crippen molar-refractivity contribution in [1.29, 1.82) is 0 Å². The lowest BCUT2D eigenvalue weighted by Gasteiger charge is -2.05. The maximum absolute atomic E-state index is 12.5. The molecule has 0 bridgehead atoms. The molecule has 2 heterocycles. The van der Waals surface area contributed by atoms with Gasteiger partial charge in [-0.15, -0.1) is 0 Å². The van der Waals surface area contributed by atoms with Crippen LogP contribution in [0.15, 0.2) is 18.5 Å². The molecule has 98 valence electrons. The van der Waals surface area contributed by atoms with Crippen LogP contribution in [0.1, 0.15) is 5.69 Å². The number of halogens is 3. The Labute approximate surface area is 101 Å². The van der Waals surface area contributed by atoms with E-state index in [0.717, 1.165) is 10.6 Å². The predicted octanol–water partition coefficient (Wildman–Crippen LogP) is 1.38. The van der Waals surface area contributed by atoms with Crippen LogP contribution in [0.4, 0.5) is 19.0 Å². The lowest BCUT2D eigenvalue weighted by molar-refractivity contribution is -0.141. The van der Waals surface area contributed by atoms with E-state index in [2.05, 4.69) is 20.7 Å². The van der Waals surface area contributed by atoms with Gasteiger partial charge in [0.2, 0.25) is 0 Å². The Morgan fingerprint density at radius 1 is 1.33 bits per heavy atom. The first kappa shape index (κ1) is 12.6. The Hall–Kier alpha value is -1.83. The fraction of sp³-hybridized carbons (Fsp3) is 0.400. The van der Waals surface area contributed by atoms with E-state index in [0.29, 0.717) is 24.4 Å². The highest BCUT2D eigenvalue weighted by Crippen LogP contribution is 2.29. The standard InChI is InChI=1S/C10H12F3N5/c1-14-2-3-15-9-7-6-8(10(11,12)13)17-18(7)5-4-16-9/h4-6,14H,2-3H2,1H3,(H,15,16). The summed E-state index contributed by atoms with van der Waals surface area (Å²) in [6, 6.07) is 0.981. The van der Waals surface area contributed by atoms with Crippen LogP contribution in [0.25, 0.3) is 5.52 Å². The van der Waals surface area contributed by atoms with Gasteiger partial charge in [0.25, 0.3) is 0 Å². The molecule has 0 saturated heterocycles. The molecule has 0 amide bonds. The van der Waals surface area contributed by atoms with E-state index in [1.165, 1.54) is 12.4 Å². The molecule has 0 aliphatic heterocycles. The summed E-state index contributed by atoms with van der Waals surface area (Å²) in [5.41, 5.74) is -0.618. The smallest absolute Gasteiger partial charge is 0.367 e. The number of rotatable bonds is 4. The largest absolute Gasteiger partial charge is 0.435 e. The molecule has 2 aromatic rings. The number of nitrogens with one attached hydrogen (secondary N) is 2. The Balaban J connectivity index is 2.33. The van der Waals surface area contributed by atoms with Gasteiger partial charge in [-0.25, -0.2) is 9.50 Å². The molecule has 0 saturated carbocycles. The number of fused-ring (bicyclic) bond motifs is 1. The van der Waals surface area contributed by atoms with E-state index in [9.17, 15) is 13.2 Å². The zero-order valence-corrected chi connectivity index (χ0v) is 9.62. The molecule has 2 N–H and O–H groups in total. The summed E-state index contributed by atoms with van der Waals surface area (Å²) in [5.74, 6) is 0.385. The van der Waals surface area contributed by atoms with Crippen LogP contribution in [-0.2, 0) is 6.18 Å². The van der Waals surface area contributed by atoms with Gasteiger partial charge in [-0.1, -0.05) is 0 Å². The lowest BCUT2D eigenvalue weighted by Crippen LogP contribution is -2.18. The first-order valence-corrected chi connectivity index (χ1v) is 5.32. The van der Waals surface area contributed by atoms with Crippen molar-refractivity contribution in [2.45, 2.75) is 6.18 Å². The van der Waals surface area contributed by atoms with Crippen LogP contribution in [0, 0.1) is 0 Å². The topological polar surface area (TPSA) is 54.2 Å². The minimum Gasteiger partial charge on any atom is -0.367 e. The molecule has 18 heavy (non-hydrogen) atoms. The highest BCUT2D eigenvalue weighted by molar-refractivity contribution is 5.67. The van der Waals surface area contributed by atoms with E-state index < -0.39 is 11.9 Å². The average molecular weight is 259 g/mol. The summed E-state index contributed by atoms with van der Waals surface area (Å²) < 4.78 is 38.8. The summed E-state index contributed by atoms with van der Waals surface area (Å²) in [5, 5.41) is 9.34. The van der Waals surface area contributed by atoms with Crippen molar-refractivity contribution >= 4 is 11.3 Å². The number of hydrogen-bond acceptors (Lipinski definition) is 4. The molecule has 0 spiro atoms. The third-order valence-electron chi connectivity index (χ3n) is 2.35. The number of nitrogens with zero attached hydrogens (tertiary/aromatic N) is 3. The normalized spacial score (nSPS) is 12.0. The molecule has 5 nitrogen and oxygen atoms in total. The average Bonchev–Trinajstić information content (AvgIpc) is 2.73. The minimum absolute atomic E-state index is 0.306. The summed E-state index contributed by atoms with van der Waals surface area (Å²) in [4.78, 5) is 4.01. The van der Waals surface area contributed by atoms with Gasteiger partial charge in [-0.05, 0) is 7.05 Å². The van der Waals surface area contributed by atoms with Gasteiger partial charge in [0.05, 0.1) is 0 Å². The lowest BCUT2D eigenvalue weighted by atomic mass is 10.3. The monoisotopic (exact) mass is 259 g/mol. The minimum atomic E-state index is -4.45. The van der Waals surface area contributed by atoms with E-state index in [-0.39, 0.29) is 0 Å². The Morgan fingerprint density at radius 2 is 2.11 bits per heavy atom. The third kappa shape index (κ3) is 2.53. The van der Waals surface area contributed by atoms with Crippen molar-refractivity contribution in [2.75, 3.05) is 25.5 Å². The summed E-state index contributed by atoms with van der Waals surface area (Å²) in [7, 11) is 1.79. The fourth-order valence-corrected chi connectivity index (χ4v) is 1.50. The van der Waals surface area contributed by atoms with Gasteiger partial charge in [0, 0.05) is 31.5 Å². The third-order valence-corrected chi connectivity index (χ3v) is 2.35. The van der Waals surface area contributed by atoms with Gasteiger partial charge in [-0.3, -0.25) is 0 Å². The SMILES string of the molecule is CNCCNc1nccn2nc(C(F)(F)F)cc12. The molecule has 0 atom stereocenters. The van der Waals surface area contributed by atoms with Crippen LogP contribution < -0.4 is 10.6 Å². The molecular formula is C10H12F3N5. The highest BCUT2D eigenvalue weighted by atomic mass is 19.4. The first-order valence-electron chi connectivity index (χ1n) is 5.32. The Kier molecular flexibility index (Phi) is 3.37. The molecule has 0 aliphatic rings. The molecule has 0 aromatic carbocycles. The van der Waals surface area contributed by atoms with Crippen molar-refractivity contribution < 1.29 is 13.2 Å². The van der Waals surface area contributed by atoms with E-state index in [1.807, 2.05) is 0 Å². The van der Waals surface area contributed by atoms with E-state index >= 15 is 0 Å². The number of hydrogen-bond donors (Lipinski definition) is 2. The van der Waals surface area contributed by atoms with Crippen molar-refractivity contribution in [3.8, 4) is 0 Å². The number of alkyl halides is 3. The van der Waals surface area contributed by atoms with Gasteiger partial charge in [-0.2, -0.15) is 18.3 Å². The van der Waals surface area contributed by atoms with Crippen LogP contribution in [0.3, 0.4) is 0 Å². The summed E-state index contributed by atoms with van der Waals surface area (Å²) in [6.07, 6.45) is -1.66. The molecule has 2 rings (SSSR count). The van der Waals surface area contributed by atoms with Crippen molar-refractivity contribution in [1.82, 2.24) is 19.9 Å². The molecule has 2 aromatic heterocycles. The number of likely N-dealkylation sites (N-methyl/N-ethyl adjacent to an activating group) is 1. The zero-order chi connectivity index (χ0) is 13.2. The van der Waals surface area contributed by atoms with Crippen LogP contribution in [-0.4, -0.2) is 34.7 Å². The highest BCUT2D eigenvalue weighted by Gasteiger charge is 2.34. The molecule has 0 aliphatic carbocycles. The second kappa shape index (κ2) is 4.81. The molecule has 8 heteroatoms. The maximum atomic E-state index is 12.5. The number of anilines is 1. The van der Waals surface area contributed by atoms with Gasteiger partial charge in [0.15, 0.2) is 11.5 Å². The van der Waals surface area contributed by atoms with Gasteiger partial charge < -0.3 is 10.6 Å². The predicted molar refractivity (Wildman–Crippen MR) is 60.4 cm³/mol. The van der Waals surface area contributed by atoms with Crippen LogP contribution in [0.2, 0.25) is 0 Å². The fourth-order valence-electron chi connectivity index (χ4n) is 1.50. The quantitative estimate of drug-likeness (QED) is 0.814. The molecular weight excluding hydrogens is 247 g/mol. The van der Waals surface area contributed by atoms with Crippen LogP contribution in [0.5, 0.6) is 0 Å². The van der Waals surface area contributed by atoms with Crippen molar-refractivity contribution in [3.63, 3.8) is 0 Å². The van der Waals surface area contributed by atoms with Gasteiger partial charge >= 0.3 is 6.18 Å². The Morgan fingerprint density at radius 3 is 2.78 bits per heavy atom. The van der Waals surface area contributed by atoms with Gasteiger partial charge in [0.1, 0.15) is 5.52 Å². The Bertz CT molecular complexity index is 534. The molecule has 0 fully saturated rings. The second-order valence-corrected chi connectivity index (χ2v) is 3.66. The second-order valence-electron chi connectivity index (χ2n) is 3.66. The molecule has 0 radical (unpaired) electrons. The van der Waals surface area contributed by atoms with Crippen molar-refractivity contribution in [2.24, 2.45) is 0 Å². The van der Waals surface area contributed by atoms with Crippen molar-refractivity contribution in [3.05, 3.63) is 24.2 Å². The maximum Gasteiger partial charge on any atom is 0.435 e. The summed E-state index contributed by atoms with van der Waals surface area (Å²) in [6.45, 7) is 1.25. The number of aromatic nitrogens is 3. The van der Waals surface area contributed by atoms with E-state index in [4.69, 9.17) is 0 Å². The summed E-state index contributed by atoms with van der Waals surface area (Å²) >= 11 is 0. The molecule has 0 unspecified atom stereocenters. The first-order chi connectivity index (χ1) is 8.52. The van der Waals surface area contributed by atoms with Crippen LogP contribution >= 0.6 is 0 Å². The van der Waals surface area contributed by atoms with E-state index in [1.54, 1.807) is 7.05 Å². The zero-order valence-electron chi connectivity index (χ0n) is 9.62.